The lowest BCUT2D eigenvalue weighted by molar-refractivity contribution is 0.0651. The Labute approximate surface area is 175 Å². The number of hydrogen-bond donors (Lipinski definition) is 2. The van der Waals surface area contributed by atoms with Crippen molar-refractivity contribution in [3.63, 3.8) is 0 Å². The minimum absolute atomic E-state index is 0.120. The van der Waals surface area contributed by atoms with Crippen LogP contribution in [0.1, 0.15) is 35.8 Å². The summed E-state index contributed by atoms with van der Waals surface area (Å²) in [5.41, 5.74) is 8.94. The lowest BCUT2D eigenvalue weighted by Gasteiger charge is -2.30. The quantitative estimate of drug-likeness (QED) is 0.793. The van der Waals surface area contributed by atoms with Gasteiger partial charge in [0.1, 0.15) is 0 Å². The molecule has 1 saturated heterocycles. The molecule has 2 aliphatic heterocycles. The molecular formula is C20H28FN7O2. The van der Waals surface area contributed by atoms with E-state index in [2.05, 4.69) is 15.0 Å². The first-order valence-corrected chi connectivity index (χ1v) is 10.2. The molecule has 0 aromatic carbocycles. The van der Waals surface area contributed by atoms with Gasteiger partial charge in [-0.1, -0.05) is 0 Å². The average molecular weight is 417 g/mol. The van der Waals surface area contributed by atoms with E-state index in [1.165, 1.54) is 6.07 Å². The van der Waals surface area contributed by atoms with Gasteiger partial charge >= 0.3 is 6.03 Å². The zero-order valence-electron chi connectivity index (χ0n) is 17.6. The summed E-state index contributed by atoms with van der Waals surface area (Å²) >= 11 is 0. The van der Waals surface area contributed by atoms with Gasteiger partial charge in [-0.3, -0.25) is 4.68 Å². The molecule has 0 unspecified atom stereocenters. The van der Waals surface area contributed by atoms with E-state index >= 15 is 0 Å². The minimum atomic E-state index is -0.563. The topological polar surface area (TPSA) is 102 Å². The van der Waals surface area contributed by atoms with Crippen molar-refractivity contribution in [1.82, 2.24) is 25.0 Å². The molecule has 30 heavy (non-hydrogen) atoms. The molecule has 2 amide bonds. The molecular weight excluding hydrogens is 389 g/mol. The van der Waals surface area contributed by atoms with E-state index < -0.39 is 5.82 Å². The van der Waals surface area contributed by atoms with Crippen LogP contribution in [0, 0.1) is 12.7 Å². The Hall–Kier alpha value is -2.88. The average Bonchev–Trinajstić information content (AvgIpc) is 3.14. The molecule has 162 valence electrons. The van der Waals surface area contributed by atoms with Crippen molar-refractivity contribution < 1.29 is 13.9 Å². The highest BCUT2D eigenvalue weighted by Crippen LogP contribution is 2.36. The van der Waals surface area contributed by atoms with Crippen LogP contribution >= 0.6 is 0 Å². The summed E-state index contributed by atoms with van der Waals surface area (Å²) in [6.07, 6.45) is 2.51. The van der Waals surface area contributed by atoms with E-state index in [0.717, 1.165) is 24.1 Å². The molecule has 4 heterocycles. The van der Waals surface area contributed by atoms with Crippen molar-refractivity contribution in [2.24, 2.45) is 0 Å². The van der Waals surface area contributed by atoms with Crippen molar-refractivity contribution >= 4 is 23.4 Å². The largest absolute Gasteiger partial charge is 0.381 e. The summed E-state index contributed by atoms with van der Waals surface area (Å²) in [5.74, 6) is 0.0246. The molecule has 1 fully saturated rings. The third kappa shape index (κ3) is 3.55. The lowest BCUT2D eigenvalue weighted by Crippen LogP contribution is -2.41. The van der Waals surface area contributed by atoms with Gasteiger partial charge in [0.15, 0.2) is 17.5 Å². The van der Waals surface area contributed by atoms with Gasteiger partial charge in [0.2, 0.25) is 0 Å². The molecule has 0 aliphatic carbocycles. The Kier molecular flexibility index (Phi) is 5.50. The fourth-order valence-corrected chi connectivity index (χ4v) is 4.30. The molecule has 0 spiro atoms. The Morgan fingerprint density at radius 1 is 1.40 bits per heavy atom. The van der Waals surface area contributed by atoms with E-state index in [9.17, 15) is 9.18 Å². The van der Waals surface area contributed by atoms with Crippen molar-refractivity contribution in [3.05, 3.63) is 28.8 Å². The standard InChI is InChI=1S/C20H28FN7O2/c1-12-17(10-15(21)18(22)24-12)26(3)19-14-11-27(20(29)23-2)7-4-16(14)28(25-19)13-5-8-30-9-6-13/h10,13H,4-9,11H2,1-3H3,(H2,22,24)(H,23,29). The number of pyridine rings is 1. The third-order valence-corrected chi connectivity index (χ3v) is 5.95. The molecule has 0 radical (unpaired) electrons. The number of rotatable bonds is 3. The van der Waals surface area contributed by atoms with Crippen LogP contribution in [0.2, 0.25) is 0 Å². The highest BCUT2D eigenvalue weighted by atomic mass is 19.1. The van der Waals surface area contributed by atoms with Crippen LogP contribution in [0.3, 0.4) is 0 Å². The Morgan fingerprint density at radius 3 is 2.83 bits per heavy atom. The van der Waals surface area contributed by atoms with E-state index in [-0.39, 0.29) is 17.9 Å². The number of carbonyl (C=O) groups excluding carboxylic acids is 1. The van der Waals surface area contributed by atoms with E-state index in [4.69, 9.17) is 15.6 Å². The molecule has 0 saturated carbocycles. The number of aromatic nitrogens is 3. The summed E-state index contributed by atoms with van der Waals surface area (Å²) in [6.45, 7) is 4.28. The van der Waals surface area contributed by atoms with Crippen LogP contribution in [-0.2, 0) is 17.7 Å². The first kappa shape index (κ1) is 20.4. The number of fused-ring (bicyclic) bond motifs is 1. The second-order valence-corrected chi connectivity index (χ2v) is 7.78. The smallest absolute Gasteiger partial charge is 0.317 e. The van der Waals surface area contributed by atoms with E-state index in [1.54, 1.807) is 18.9 Å². The molecule has 0 atom stereocenters. The number of halogens is 1. The molecule has 9 nitrogen and oxygen atoms in total. The first-order valence-electron chi connectivity index (χ1n) is 10.2. The maximum atomic E-state index is 14.2. The van der Waals surface area contributed by atoms with Crippen molar-refractivity contribution in [1.29, 1.82) is 0 Å². The number of anilines is 3. The monoisotopic (exact) mass is 417 g/mol. The Balaban J connectivity index is 1.78. The molecule has 0 bridgehead atoms. The van der Waals surface area contributed by atoms with Crippen LogP contribution in [0.4, 0.5) is 26.5 Å². The van der Waals surface area contributed by atoms with Gasteiger partial charge < -0.3 is 25.6 Å². The van der Waals surface area contributed by atoms with Crippen LogP contribution in [0.15, 0.2) is 6.07 Å². The molecule has 2 aliphatic rings. The molecule has 2 aromatic rings. The number of nitrogens with one attached hydrogen (secondary N) is 1. The SMILES string of the molecule is CNC(=O)N1CCc2c(c(N(C)c3cc(F)c(N)nc3C)nn2C2CCOCC2)C1. The van der Waals surface area contributed by atoms with Crippen molar-refractivity contribution in [3.8, 4) is 0 Å². The summed E-state index contributed by atoms with van der Waals surface area (Å²) in [4.78, 5) is 20.0. The van der Waals surface area contributed by atoms with Crippen LogP contribution < -0.4 is 16.0 Å². The van der Waals surface area contributed by atoms with Crippen molar-refractivity contribution in [2.75, 3.05) is 44.5 Å². The predicted octanol–water partition coefficient (Wildman–Crippen LogP) is 2.12. The van der Waals surface area contributed by atoms with E-state index in [0.29, 0.717) is 49.9 Å². The van der Waals surface area contributed by atoms with E-state index in [1.807, 2.05) is 11.9 Å². The number of carbonyl (C=O) groups is 1. The summed E-state index contributed by atoms with van der Waals surface area (Å²) in [5, 5.41) is 7.65. The summed E-state index contributed by atoms with van der Waals surface area (Å²) in [6, 6.07) is 1.52. The van der Waals surface area contributed by atoms with Gasteiger partial charge in [-0.2, -0.15) is 5.10 Å². The maximum absolute atomic E-state index is 14.2. The number of hydrogen-bond acceptors (Lipinski definition) is 6. The number of urea groups is 1. The van der Waals surface area contributed by atoms with Gasteiger partial charge in [-0.15, -0.1) is 0 Å². The van der Waals surface area contributed by atoms with Gasteiger partial charge in [0.05, 0.1) is 24.0 Å². The van der Waals surface area contributed by atoms with Crippen LogP contribution in [0.25, 0.3) is 0 Å². The van der Waals surface area contributed by atoms with Crippen molar-refractivity contribution in [2.45, 2.75) is 38.8 Å². The zero-order valence-corrected chi connectivity index (χ0v) is 17.6. The lowest BCUT2D eigenvalue weighted by atomic mass is 10.0. The molecule has 3 N–H and O–H groups in total. The number of nitrogens with zero attached hydrogens (tertiary/aromatic N) is 5. The minimum Gasteiger partial charge on any atom is -0.381 e. The summed E-state index contributed by atoms with van der Waals surface area (Å²) in [7, 11) is 3.47. The Bertz CT molecular complexity index is 955. The zero-order chi connectivity index (χ0) is 21.4. The van der Waals surface area contributed by atoms with Gasteiger partial charge in [0.25, 0.3) is 0 Å². The fraction of sp³-hybridized carbons (Fsp3) is 0.550. The van der Waals surface area contributed by atoms with Gasteiger partial charge in [-0.25, -0.2) is 14.2 Å². The highest BCUT2D eigenvalue weighted by Gasteiger charge is 2.32. The maximum Gasteiger partial charge on any atom is 0.317 e. The molecule has 4 rings (SSSR count). The van der Waals surface area contributed by atoms with Crippen LogP contribution in [-0.4, -0.2) is 59.5 Å². The predicted molar refractivity (Wildman–Crippen MR) is 111 cm³/mol. The third-order valence-electron chi connectivity index (χ3n) is 5.95. The number of ether oxygens (including phenoxy) is 1. The van der Waals surface area contributed by atoms with Gasteiger partial charge in [-0.05, 0) is 19.8 Å². The normalized spacial score (nSPS) is 17.0. The van der Waals surface area contributed by atoms with Crippen LogP contribution in [0.5, 0.6) is 0 Å². The number of nitrogens with two attached hydrogens (primary N) is 1. The van der Waals surface area contributed by atoms with Gasteiger partial charge in [0, 0.05) is 57.6 Å². The first-order chi connectivity index (χ1) is 14.4. The molecule has 2 aromatic heterocycles. The number of nitrogen functional groups attached to an aromatic ring is 1. The Morgan fingerprint density at radius 2 is 2.13 bits per heavy atom. The number of amides is 2. The second kappa shape index (κ2) is 8.10. The number of aryl methyl sites for hydroxylation is 1. The molecule has 10 heteroatoms. The second-order valence-electron chi connectivity index (χ2n) is 7.78. The fourth-order valence-electron chi connectivity index (χ4n) is 4.30. The summed E-state index contributed by atoms with van der Waals surface area (Å²) < 4.78 is 21.8. The highest BCUT2D eigenvalue weighted by molar-refractivity contribution is 5.75.